The van der Waals surface area contributed by atoms with Gasteiger partial charge in [-0.15, -0.1) is 11.3 Å². The molecule has 0 aliphatic rings. The van der Waals surface area contributed by atoms with Gasteiger partial charge in [-0.05, 0) is 24.6 Å². The Hall–Kier alpha value is -3.51. The number of thiophene rings is 1. The lowest BCUT2D eigenvalue weighted by Gasteiger charge is -2.07. The van der Waals surface area contributed by atoms with Gasteiger partial charge in [0.25, 0.3) is 5.91 Å². The summed E-state index contributed by atoms with van der Waals surface area (Å²) in [6.45, 7) is 0.964. The van der Waals surface area contributed by atoms with Gasteiger partial charge < -0.3 is 19.5 Å². The van der Waals surface area contributed by atoms with E-state index in [2.05, 4.69) is 15.3 Å². The third-order valence-corrected chi connectivity index (χ3v) is 6.35. The van der Waals surface area contributed by atoms with E-state index in [1.54, 1.807) is 6.20 Å². The zero-order valence-corrected chi connectivity index (χ0v) is 19.5. The Labute approximate surface area is 196 Å². The van der Waals surface area contributed by atoms with Gasteiger partial charge in [0.05, 0.1) is 42.8 Å². The fraction of sp³-hybridized carbons (Fsp3) is 0.238. The summed E-state index contributed by atoms with van der Waals surface area (Å²) in [5, 5.41) is 3.12. The first-order valence-electron chi connectivity index (χ1n) is 9.44. The predicted molar refractivity (Wildman–Crippen MR) is 122 cm³/mol. The van der Waals surface area contributed by atoms with Crippen LogP contribution in [0.1, 0.15) is 25.6 Å². The van der Waals surface area contributed by atoms with Crippen LogP contribution in [0.3, 0.4) is 0 Å². The van der Waals surface area contributed by atoms with Gasteiger partial charge in [0.1, 0.15) is 14.9 Å². The van der Waals surface area contributed by atoms with Crippen LogP contribution in [0.5, 0.6) is 0 Å². The van der Waals surface area contributed by atoms with E-state index < -0.39 is 30.4 Å². The van der Waals surface area contributed by atoms with E-state index in [1.807, 2.05) is 24.3 Å². The molecule has 0 radical (unpaired) electrons. The number of aromatic nitrogens is 2. The van der Waals surface area contributed by atoms with Gasteiger partial charge in [-0.1, -0.05) is 23.9 Å². The van der Waals surface area contributed by atoms with Crippen LogP contribution in [0, 0.1) is 6.92 Å². The fourth-order valence-electron chi connectivity index (χ4n) is 2.73. The van der Waals surface area contributed by atoms with Crippen molar-refractivity contribution in [3.05, 3.63) is 46.5 Å². The minimum Gasteiger partial charge on any atom is -0.465 e. The number of para-hydroxylation sites is 2. The van der Waals surface area contributed by atoms with Crippen LogP contribution < -0.4 is 5.32 Å². The van der Waals surface area contributed by atoms with Crippen molar-refractivity contribution in [3.63, 3.8) is 0 Å². The van der Waals surface area contributed by atoms with E-state index >= 15 is 0 Å². The van der Waals surface area contributed by atoms with E-state index in [0.29, 0.717) is 16.1 Å². The Morgan fingerprint density at radius 3 is 2.45 bits per heavy atom. The van der Waals surface area contributed by atoms with Gasteiger partial charge in [0.15, 0.2) is 6.61 Å². The molecule has 3 aromatic rings. The molecule has 0 spiro atoms. The van der Waals surface area contributed by atoms with E-state index in [0.717, 1.165) is 28.6 Å². The number of methoxy groups -OCH3 is 2. The highest BCUT2D eigenvalue weighted by atomic mass is 32.2. The number of thioether (sulfide) groups is 1. The van der Waals surface area contributed by atoms with Crippen molar-refractivity contribution >= 4 is 62.9 Å². The van der Waals surface area contributed by atoms with Crippen LogP contribution in [-0.4, -0.2) is 60.4 Å². The van der Waals surface area contributed by atoms with Crippen molar-refractivity contribution in [3.8, 4) is 0 Å². The SMILES string of the molecule is COC(=O)c1sc(NC(=O)COC(=O)CSc2cnc3ccccc3n2)c(C(=O)OC)c1C. The van der Waals surface area contributed by atoms with Gasteiger partial charge in [-0.2, -0.15) is 0 Å². The molecule has 0 fully saturated rings. The summed E-state index contributed by atoms with van der Waals surface area (Å²) in [6.07, 6.45) is 1.55. The minimum absolute atomic E-state index is 0.0352. The van der Waals surface area contributed by atoms with Crippen molar-refractivity contribution < 1.29 is 33.4 Å². The number of fused-ring (bicyclic) bond motifs is 1. The smallest absolute Gasteiger partial charge is 0.348 e. The van der Waals surface area contributed by atoms with Crippen LogP contribution in [-0.2, 0) is 23.8 Å². The first-order chi connectivity index (χ1) is 15.8. The molecule has 1 N–H and O–H groups in total. The number of carbonyl (C=O) groups is 4. The molecule has 0 aliphatic heterocycles. The van der Waals surface area contributed by atoms with E-state index in [1.165, 1.54) is 21.1 Å². The second kappa shape index (κ2) is 10.9. The molecule has 0 aliphatic carbocycles. The Kier molecular flexibility index (Phi) is 7.96. The summed E-state index contributed by atoms with van der Waals surface area (Å²) in [5.41, 5.74) is 1.80. The van der Waals surface area contributed by atoms with Gasteiger partial charge in [0.2, 0.25) is 0 Å². The maximum absolute atomic E-state index is 12.3. The molecular weight excluding hydrogens is 470 g/mol. The van der Waals surface area contributed by atoms with Crippen LogP contribution in [0.15, 0.2) is 35.5 Å². The minimum atomic E-state index is -0.723. The number of benzene rings is 1. The summed E-state index contributed by atoms with van der Waals surface area (Å²) < 4.78 is 14.4. The zero-order chi connectivity index (χ0) is 24.0. The Morgan fingerprint density at radius 2 is 1.76 bits per heavy atom. The number of amides is 1. The number of hydrogen-bond donors (Lipinski definition) is 1. The average Bonchev–Trinajstić information content (AvgIpc) is 3.15. The van der Waals surface area contributed by atoms with E-state index in [-0.39, 0.29) is 21.2 Å². The van der Waals surface area contributed by atoms with Crippen LogP contribution >= 0.6 is 23.1 Å². The highest BCUT2D eigenvalue weighted by molar-refractivity contribution is 7.99. The Balaban J connectivity index is 1.57. The molecule has 2 aromatic heterocycles. The number of ether oxygens (including phenoxy) is 3. The lowest BCUT2D eigenvalue weighted by Crippen LogP contribution is -2.22. The quantitative estimate of drug-likeness (QED) is 0.286. The summed E-state index contributed by atoms with van der Waals surface area (Å²) in [6, 6.07) is 7.34. The molecule has 33 heavy (non-hydrogen) atoms. The number of rotatable bonds is 8. The Bertz CT molecular complexity index is 1230. The summed E-state index contributed by atoms with van der Waals surface area (Å²) in [7, 11) is 2.39. The number of hydrogen-bond acceptors (Lipinski definition) is 11. The lowest BCUT2D eigenvalue weighted by atomic mass is 10.1. The normalized spacial score (nSPS) is 10.5. The molecule has 0 bridgehead atoms. The number of anilines is 1. The maximum atomic E-state index is 12.3. The number of nitrogens with zero attached hydrogens (tertiary/aromatic N) is 2. The molecule has 172 valence electrons. The topological polar surface area (TPSA) is 134 Å². The van der Waals surface area contributed by atoms with Crippen molar-refractivity contribution in [2.24, 2.45) is 0 Å². The van der Waals surface area contributed by atoms with Gasteiger partial charge >= 0.3 is 17.9 Å². The molecule has 0 unspecified atom stereocenters. The van der Waals surface area contributed by atoms with Crippen LogP contribution in [0.2, 0.25) is 0 Å². The summed E-state index contributed by atoms with van der Waals surface area (Å²) in [5.74, 6) is -2.75. The second-order valence-corrected chi connectivity index (χ2v) is 8.45. The molecular formula is C21H19N3O7S2. The van der Waals surface area contributed by atoms with E-state index in [9.17, 15) is 19.2 Å². The third kappa shape index (κ3) is 5.84. The molecule has 0 atom stereocenters. The number of nitrogens with one attached hydrogen (secondary N) is 1. The first kappa shape index (κ1) is 24.1. The monoisotopic (exact) mass is 489 g/mol. The van der Waals surface area contributed by atoms with Crippen LogP contribution in [0.4, 0.5) is 5.00 Å². The molecule has 3 rings (SSSR count). The van der Waals surface area contributed by atoms with Crippen LogP contribution in [0.25, 0.3) is 11.0 Å². The van der Waals surface area contributed by atoms with Crippen molar-refractivity contribution in [1.82, 2.24) is 9.97 Å². The fourth-order valence-corrected chi connectivity index (χ4v) is 4.50. The predicted octanol–water partition coefficient (Wildman–Crippen LogP) is 2.85. The van der Waals surface area contributed by atoms with Crippen molar-refractivity contribution in [2.45, 2.75) is 11.9 Å². The number of esters is 3. The second-order valence-electron chi connectivity index (χ2n) is 6.44. The average molecular weight is 490 g/mol. The molecule has 1 aromatic carbocycles. The molecule has 1 amide bonds. The Morgan fingerprint density at radius 1 is 1.06 bits per heavy atom. The molecule has 2 heterocycles. The maximum Gasteiger partial charge on any atom is 0.348 e. The molecule has 12 heteroatoms. The largest absolute Gasteiger partial charge is 0.465 e. The summed E-state index contributed by atoms with van der Waals surface area (Å²) in [4.78, 5) is 57.2. The highest BCUT2D eigenvalue weighted by Gasteiger charge is 2.27. The molecule has 10 nitrogen and oxygen atoms in total. The summed E-state index contributed by atoms with van der Waals surface area (Å²) >= 11 is 2.00. The zero-order valence-electron chi connectivity index (χ0n) is 17.9. The van der Waals surface area contributed by atoms with Gasteiger partial charge in [0, 0.05) is 0 Å². The molecule has 0 saturated carbocycles. The standard InChI is InChI=1S/C21H19N3O7S2/c1-11-17(20(27)29-2)19(33-18(11)21(28)30-3)24-14(25)9-31-16(26)10-32-15-8-22-12-6-4-5-7-13(12)23-15/h4-8H,9-10H2,1-3H3,(H,24,25). The van der Waals surface area contributed by atoms with E-state index in [4.69, 9.17) is 14.2 Å². The van der Waals surface area contributed by atoms with Gasteiger partial charge in [-0.25, -0.2) is 14.6 Å². The molecule has 0 saturated heterocycles. The lowest BCUT2D eigenvalue weighted by molar-refractivity contribution is -0.144. The van der Waals surface area contributed by atoms with Crippen molar-refractivity contribution in [2.75, 3.05) is 31.9 Å². The number of carbonyl (C=O) groups excluding carboxylic acids is 4. The highest BCUT2D eigenvalue weighted by Crippen LogP contribution is 2.34. The van der Waals surface area contributed by atoms with Gasteiger partial charge in [-0.3, -0.25) is 14.6 Å². The third-order valence-electron chi connectivity index (χ3n) is 4.29. The first-order valence-corrected chi connectivity index (χ1v) is 11.2. The van der Waals surface area contributed by atoms with Crippen molar-refractivity contribution in [1.29, 1.82) is 0 Å².